The molecule has 3 aromatic rings. The first-order valence-electron chi connectivity index (χ1n) is 7.19. The van der Waals surface area contributed by atoms with E-state index in [0.29, 0.717) is 0 Å². The third-order valence-electron chi connectivity index (χ3n) is 3.36. The summed E-state index contributed by atoms with van der Waals surface area (Å²) < 4.78 is 57.7. The summed E-state index contributed by atoms with van der Waals surface area (Å²) in [4.78, 5) is 11.3. The van der Waals surface area contributed by atoms with Gasteiger partial charge in [-0.3, -0.25) is 0 Å². The lowest BCUT2D eigenvalue weighted by Gasteiger charge is -2.15. The number of hydrogen-bond acceptors (Lipinski definition) is 6. The van der Waals surface area contributed by atoms with E-state index in [4.69, 9.17) is 11.6 Å². The van der Waals surface area contributed by atoms with E-state index in [0.717, 1.165) is 12.1 Å². The van der Waals surface area contributed by atoms with Crippen LogP contribution in [0.1, 0.15) is 24.4 Å². The van der Waals surface area contributed by atoms with Gasteiger partial charge in [0.1, 0.15) is 11.6 Å². The third kappa shape index (κ3) is 3.74. The fourth-order valence-corrected chi connectivity index (χ4v) is 2.24. The second kappa shape index (κ2) is 6.87. The van der Waals surface area contributed by atoms with Crippen molar-refractivity contribution in [3.8, 4) is 11.4 Å². The minimum absolute atomic E-state index is 0.0651. The van der Waals surface area contributed by atoms with Crippen molar-refractivity contribution in [3.63, 3.8) is 0 Å². The summed E-state index contributed by atoms with van der Waals surface area (Å²) in [6.45, 7) is 1.53. The van der Waals surface area contributed by atoms with Gasteiger partial charge in [0.25, 0.3) is 0 Å². The molecule has 0 aliphatic carbocycles. The highest BCUT2D eigenvalue weighted by Gasteiger charge is 2.35. The van der Waals surface area contributed by atoms with Crippen molar-refractivity contribution in [1.29, 1.82) is 0 Å². The summed E-state index contributed by atoms with van der Waals surface area (Å²) in [6.07, 6.45) is 2.47. The molecule has 1 atom stereocenters. The highest BCUT2D eigenvalue weighted by molar-refractivity contribution is 6.21. The van der Waals surface area contributed by atoms with Crippen molar-refractivity contribution < 1.29 is 22.1 Å². The van der Waals surface area contributed by atoms with Crippen LogP contribution in [0.15, 0.2) is 35.1 Å². The Balaban J connectivity index is 1.77. The normalized spacial score (nSPS) is 12.8. The molecule has 0 radical (unpaired) electrons. The molecule has 2 heterocycles. The Labute approximate surface area is 149 Å². The van der Waals surface area contributed by atoms with Gasteiger partial charge in [0.15, 0.2) is 0 Å². The zero-order chi connectivity index (χ0) is 18.9. The third-order valence-corrected chi connectivity index (χ3v) is 3.52. The van der Waals surface area contributed by atoms with E-state index >= 15 is 0 Å². The Bertz CT molecular complexity index is 893. The second-order valence-corrected chi connectivity index (χ2v) is 5.69. The molecule has 1 aromatic carbocycles. The van der Waals surface area contributed by atoms with Crippen LogP contribution in [-0.4, -0.2) is 20.1 Å². The van der Waals surface area contributed by atoms with E-state index in [-0.39, 0.29) is 22.9 Å². The number of hydrogen-bond donors (Lipinski definition) is 1. The first-order chi connectivity index (χ1) is 12.3. The predicted octanol–water partition coefficient (Wildman–Crippen LogP) is 4.27. The fourth-order valence-electron chi connectivity index (χ4n) is 2.16. The number of rotatable bonds is 5. The molecule has 0 aliphatic heterocycles. The highest BCUT2D eigenvalue weighted by Crippen LogP contribution is 2.32. The van der Waals surface area contributed by atoms with Crippen molar-refractivity contribution in [2.45, 2.75) is 18.3 Å². The van der Waals surface area contributed by atoms with Gasteiger partial charge in [-0.25, -0.2) is 18.7 Å². The van der Waals surface area contributed by atoms with Crippen LogP contribution >= 0.6 is 11.6 Å². The minimum Gasteiger partial charge on any atom is -0.347 e. The molecule has 2 aromatic heterocycles. The first-order valence-corrected chi connectivity index (χ1v) is 7.57. The monoisotopic (exact) mass is 387 g/mol. The maximum atomic E-state index is 13.8. The standard InChI is InChI=1S/C15H10ClF4N5O/c1-7(11-9(17)3-2-4-10(11)18)23-14-21-5-8(6-22-14)12-24-13(26-25-12)15(16,19)20/h2-7H,1H3,(H,21,22,23). The summed E-state index contributed by atoms with van der Waals surface area (Å²) in [5.41, 5.74) is 0.0310. The molecule has 26 heavy (non-hydrogen) atoms. The van der Waals surface area contributed by atoms with Crippen LogP contribution < -0.4 is 5.32 Å². The van der Waals surface area contributed by atoms with E-state index in [1.807, 2.05) is 0 Å². The molecule has 6 nitrogen and oxygen atoms in total. The number of nitrogens with one attached hydrogen (secondary N) is 1. The van der Waals surface area contributed by atoms with E-state index in [2.05, 4.69) is 29.9 Å². The molecular formula is C15H10ClF4N5O. The minimum atomic E-state index is -3.78. The summed E-state index contributed by atoms with van der Waals surface area (Å²) in [5, 5.41) is 2.32. The van der Waals surface area contributed by atoms with Crippen LogP contribution in [0.3, 0.4) is 0 Å². The van der Waals surface area contributed by atoms with Gasteiger partial charge in [0.05, 0.1) is 11.6 Å². The molecule has 0 amide bonds. The quantitative estimate of drug-likeness (QED) is 0.520. The van der Waals surface area contributed by atoms with Crippen molar-refractivity contribution in [3.05, 3.63) is 53.7 Å². The van der Waals surface area contributed by atoms with Gasteiger partial charge in [-0.15, -0.1) is 0 Å². The Morgan fingerprint density at radius 1 is 1.15 bits per heavy atom. The average molecular weight is 388 g/mol. The lowest BCUT2D eigenvalue weighted by atomic mass is 10.1. The summed E-state index contributed by atoms with van der Waals surface area (Å²) in [6, 6.07) is 2.78. The molecule has 0 bridgehead atoms. The number of anilines is 1. The van der Waals surface area contributed by atoms with Crippen LogP contribution in [0.4, 0.5) is 23.5 Å². The molecule has 0 aliphatic rings. The molecule has 0 fully saturated rings. The fraction of sp³-hybridized carbons (Fsp3) is 0.200. The van der Waals surface area contributed by atoms with Crippen molar-refractivity contribution in [2.24, 2.45) is 0 Å². The Morgan fingerprint density at radius 3 is 2.31 bits per heavy atom. The predicted molar refractivity (Wildman–Crippen MR) is 83.5 cm³/mol. The summed E-state index contributed by atoms with van der Waals surface area (Å²) in [5.74, 6) is -2.58. The largest absolute Gasteiger partial charge is 0.400 e. The van der Waals surface area contributed by atoms with Gasteiger partial charge in [-0.05, 0) is 30.7 Å². The van der Waals surface area contributed by atoms with Crippen LogP contribution in [0.5, 0.6) is 0 Å². The summed E-state index contributed by atoms with van der Waals surface area (Å²) in [7, 11) is 0. The molecule has 1 N–H and O–H groups in total. The molecule has 11 heteroatoms. The number of aromatic nitrogens is 4. The lowest BCUT2D eigenvalue weighted by Crippen LogP contribution is -2.12. The van der Waals surface area contributed by atoms with Gasteiger partial charge in [0.2, 0.25) is 11.8 Å². The first kappa shape index (κ1) is 18.1. The van der Waals surface area contributed by atoms with E-state index in [9.17, 15) is 17.6 Å². The molecule has 0 saturated heterocycles. The van der Waals surface area contributed by atoms with E-state index < -0.39 is 28.9 Å². The van der Waals surface area contributed by atoms with E-state index in [1.165, 1.54) is 25.4 Å². The van der Waals surface area contributed by atoms with Crippen molar-refractivity contribution in [2.75, 3.05) is 5.32 Å². The van der Waals surface area contributed by atoms with Crippen molar-refractivity contribution in [1.82, 2.24) is 20.1 Å². The molecule has 1 unspecified atom stereocenters. The topological polar surface area (TPSA) is 76.7 Å². The smallest absolute Gasteiger partial charge is 0.347 e. The number of benzene rings is 1. The Morgan fingerprint density at radius 2 is 1.77 bits per heavy atom. The molecular weight excluding hydrogens is 378 g/mol. The van der Waals surface area contributed by atoms with Gasteiger partial charge >= 0.3 is 11.3 Å². The van der Waals surface area contributed by atoms with Gasteiger partial charge < -0.3 is 9.84 Å². The van der Waals surface area contributed by atoms with Crippen LogP contribution in [0.25, 0.3) is 11.4 Å². The maximum Gasteiger partial charge on any atom is 0.400 e. The second-order valence-electron chi connectivity index (χ2n) is 5.22. The Kier molecular flexibility index (Phi) is 4.77. The zero-order valence-corrected chi connectivity index (χ0v) is 13.8. The Hall–Kier alpha value is -2.75. The summed E-state index contributed by atoms with van der Waals surface area (Å²) >= 11 is 4.79. The van der Waals surface area contributed by atoms with Gasteiger partial charge in [-0.1, -0.05) is 11.2 Å². The van der Waals surface area contributed by atoms with Crippen LogP contribution in [0.2, 0.25) is 0 Å². The van der Waals surface area contributed by atoms with Crippen LogP contribution in [0, 0.1) is 11.6 Å². The number of alkyl halides is 3. The van der Waals surface area contributed by atoms with Gasteiger partial charge in [-0.2, -0.15) is 13.8 Å². The lowest BCUT2D eigenvalue weighted by molar-refractivity contribution is 0.0551. The van der Waals surface area contributed by atoms with E-state index in [1.54, 1.807) is 0 Å². The van der Waals surface area contributed by atoms with Gasteiger partial charge in [0, 0.05) is 18.0 Å². The highest BCUT2D eigenvalue weighted by atomic mass is 35.5. The van der Waals surface area contributed by atoms with Crippen LogP contribution in [-0.2, 0) is 5.38 Å². The zero-order valence-electron chi connectivity index (χ0n) is 13.1. The number of nitrogens with zero attached hydrogens (tertiary/aromatic N) is 4. The SMILES string of the molecule is CC(Nc1ncc(-c2noc(C(F)(F)Cl)n2)cn1)c1c(F)cccc1F. The number of halogens is 5. The molecule has 0 saturated carbocycles. The molecule has 136 valence electrons. The van der Waals surface area contributed by atoms with Crippen molar-refractivity contribution >= 4 is 17.5 Å². The molecule has 0 spiro atoms. The maximum absolute atomic E-state index is 13.8. The molecule has 3 rings (SSSR count). The average Bonchev–Trinajstić information content (AvgIpc) is 3.05.